The van der Waals surface area contributed by atoms with Gasteiger partial charge in [-0.3, -0.25) is 4.79 Å². The molecular weight excluding hydrogens is 372 g/mol. The molecule has 30 heavy (non-hydrogen) atoms. The van der Waals surface area contributed by atoms with Gasteiger partial charge in [0.15, 0.2) is 0 Å². The van der Waals surface area contributed by atoms with Crippen LogP contribution in [0.4, 0.5) is 0 Å². The minimum Gasteiger partial charge on any atom is -0.493 e. The number of Topliss-reactive ketones (excluding diaryl/α,β-unsaturated/α-hetero) is 1. The molecule has 2 aromatic rings. The number of hydrogen-bond donors (Lipinski definition) is 0. The molecule has 164 valence electrons. The normalized spacial score (nSPS) is 12.9. The molecular formula is C27H38O3. The maximum atomic E-state index is 13.4. The Morgan fingerprint density at radius 1 is 0.700 bits per heavy atom. The van der Waals surface area contributed by atoms with Gasteiger partial charge in [-0.2, -0.15) is 0 Å². The Balaban J connectivity index is 2.11. The van der Waals surface area contributed by atoms with Gasteiger partial charge in [-0.15, -0.1) is 0 Å². The summed E-state index contributed by atoms with van der Waals surface area (Å²) in [5.74, 6) is 1.35. The van der Waals surface area contributed by atoms with Crippen LogP contribution in [0.2, 0.25) is 0 Å². The van der Waals surface area contributed by atoms with Crippen LogP contribution in [0.25, 0.3) is 0 Å². The molecule has 0 aliphatic rings. The van der Waals surface area contributed by atoms with Crippen molar-refractivity contribution in [3.63, 3.8) is 0 Å². The summed E-state index contributed by atoms with van der Waals surface area (Å²) in [7, 11) is 0. The predicted molar refractivity (Wildman–Crippen MR) is 125 cm³/mol. The molecule has 0 aliphatic heterocycles. The van der Waals surface area contributed by atoms with Crippen molar-refractivity contribution in [3.8, 4) is 11.5 Å². The van der Waals surface area contributed by atoms with Crippen LogP contribution in [0.3, 0.4) is 0 Å². The first kappa shape index (κ1) is 24.0. The molecule has 0 radical (unpaired) electrons. The van der Waals surface area contributed by atoms with E-state index in [-0.39, 0.29) is 17.6 Å². The van der Waals surface area contributed by atoms with E-state index in [2.05, 4.69) is 13.8 Å². The number of unbranched alkanes of at least 4 members (excludes halogenated alkanes) is 4. The molecule has 0 N–H and O–H groups in total. The molecule has 0 heterocycles. The topological polar surface area (TPSA) is 35.5 Å². The van der Waals surface area contributed by atoms with Crippen molar-refractivity contribution >= 4 is 5.78 Å². The highest BCUT2D eigenvalue weighted by atomic mass is 16.5. The average Bonchev–Trinajstić information content (AvgIpc) is 2.78. The summed E-state index contributed by atoms with van der Waals surface area (Å²) in [6.45, 7) is 9.71. The lowest BCUT2D eigenvalue weighted by Crippen LogP contribution is -2.18. The molecule has 0 fully saturated rings. The van der Waals surface area contributed by atoms with Crippen LogP contribution < -0.4 is 9.47 Å². The molecule has 2 rings (SSSR count). The second-order valence-electron chi connectivity index (χ2n) is 8.03. The van der Waals surface area contributed by atoms with Gasteiger partial charge in [-0.25, -0.2) is 0 Å². The second-order valence-corrected chi connectivity index (χ2v) is 8.03. The van der Waals surface area contributed by atoms with E-state index in [9.17, 15) is 4.79 Å². The highest BCUT2D eigenvalue weighted by molar-refractivity contribution is 5.92. The molecule has 2 atom stereocenters. The van der Waals surface area contributed by atoms with E-state index in [1.165, 1.54) is 0 Å². The van der Waals surface area contributed by atoms with E-state index in [1.54, 1.807) is 0 Å². The average molecular weight is 411 g/mol. The van der Waals surface area contributed by atoms with Crippen molar-refractivity contribution < 1.29 is 14.3 Å². The molecule has 3 nitrogen and oxygen atoms in total. The summed E-state index contributed by atoms with van der Waals surface area (Å²) in [4.78, 5) is 13.4. The van der Waals surface area contributed by atoms with E-state index in [0.717, 1.165) is 61.2 Å². The largest absolute Gasteiger partial charge is 0.493 e. The fourth-order valence-corrected chi connectivity index (χ4v) is 3.69. The number of hydrogen-bond acceptors (Lipinski definition) is 3. The lowest BCUT2D eigenvalue weighted by Gasteiger charge is -2.21. The molecule has 0 saturated heterocycles. The monoisotopic (exact) mass is 410 g/mol. The van der Waals surface area contributed by atoms with Crippen molar-refractivity contribution in [3.05, 3.63) is 59.7 Å². The number of ketones is 1. The predicted octanol–water partition coefficient (Wildman–Crippen LogP) is 7.30. The van der Waals surface area contributed by atoms with Gasteiger partial charge in [0.25, 0.3) is 0 Å². The van der Waals surface area contributed by atoms with Crippen LogP contribution in [-0.4, -0.2) is 19.0 Å². The smallest absolute Gasteiger partial charge is 0.147 e. The molecule has 0 spiro atoms. The Hall–Kier alpha value is -2.29. The first-order valence-electron chi connectivity index (χ1n) is 11.6. The van der Waals surface area contributed by atoms with Crippen LogP contribution in [-0.2, 0) is 4.79 Å². The third-order valence-electron chi connectivity index (χ3n) is 5.64. The molecule has 3 heteroatoms. The number of ether oxygens (including phenoxy) is 2. The summed E-state index contributed by atoms with van der Waals surface area (Å²) >= 11 is 0. The van der Waals surface area contributed by atoms with Gasteiger partial charge in [-0.1, -0.05) is 89.8 Å². The molecule has 0 amide bonds. The van der Waals surface area contributed by atoms with Gasteiger partial charge in [0.2, 0.25) is 0 Å². The van der Waals surface area contributed by atoms with Crippen LogP contribution in [0.5, 0.6) is 11.5 Å². The van der Waals surface area contributed by atoms with E-state index < -0.39 is 0 Å². The summed E-state index contributed by atoms with van der Waals surface area (Å²) in [5, 5.41) is 0. The third-order valence-corrected chi connectivity index (χ3v) is 5.64. The van der Waals surface area contributed by atoms with Crippen LogP contribution in [0, 0.1) is 0 Å². The van der Waals surface area contributed by atoms with Gasteiger partial charge in [0.05, 0.1) is 13.2 Å². The molecule has 0 bridgehead atoms. The molecule has 0 aromatic heterocycles. The van der Waals surface area contributed by atoms with Crippen LogP contribution in [0.1, 0.15) is 89.2 Å². The molecule has 2 aromatic carbocycles. The van der Waals surface area contributed by atoms with Crippen molar-refractivity contribution in [1.29, 1.82) is 0 Å². The van der Waals surface area contributed by atoms with Gasteiger partial charge >= 0.3 is 0 Å². The number of carbonyl (C=O) groups is 1. The van der Waals surface area contributed by atoms with E-state index >= 15 is 0 Å². The Labute approximate surface area is 182 Å². The summed E-state index contributed by atoms with van der Waals surface area (Å²) in [6.07, 6.45) is 6.71. The number of rotatable bonds is 14. The fraction of sp³-hybridized carbons (Fsp3) is 0.519. The van der Waals surface area contributed by atoms with Crippen LogP contribution in [0.15, 0.2) is 48.5 Å². The summed E-state index contributed by atoms with van der Waals surface area (Å²) < 4.78 is 12.0. The minimum absolute atomic E-state index is 0.184. The van der Waals surface area contributed by atoms with Crippen molar-refractivity contribution in [2.45, 2.75) is 78.1 Å². The van der Waals surface area contributed by atoms with E-state index in [0.29, 0.717) is 13.2 Å². The van der Waals surface area contributed by atoms with Gasteiger partial charge in [0.1, 0.15) is 17.3 Å². The Morgan fingerprint density at radius 2 is 1.10 bits per heavy atom. The maximum Gasteiger partial charge on any atom is 0.147 e. The number of carbonyl (C=O) groups excluding carboxylic acids is 1. The highest BCUT2D eigenvalue weighted by Gasteiger charge is 2.26. The first-order valence-corrected chi connectivity index (χ1v) is 11.6. The quantitative estimate of drug-likeness (QED) is 0.306. The van der Waals surface area contributed by atoms with Gasteiger partial charge < -0.3 is 9.47 Å². The fourth-order valence-electron chi connectivity index (χ4n) is 3.69. The Kier molecular flexibility index (Phi) is 10.5. The first-order chi connectivity index (χ1) is 14.6. The van der Waals surface area contributed by atoms with Crippen LogP contribution >= 0.6 is 0 Å². The zero-order valence-corrected chi connectivity index (χ0v) is 19.2. The standard InChI is InChI=1S/C27H38O3/c1-5-7-13-19-29-25-17-11-9-15-23(25)21(3)27(28)22(4)24-16-10-12-18-26(24)30-20-14-8-6-2/h9-12,15-18,21-22H,5-8,13-14,19-20H2,1-4H3. The minimum atomic E-state index is -0.240. The number of para-hydroxylation sites is 2. The molecule has 2 unspecified atom stereocenters. The summed E-state index contributed by atoms with van der Waals surface area (Å²) in [6, 6.07) is 15.9. The van der Waals surface area contributed by atoms with Gasteiger partial charge in [-0.05, 0) is 25.0 Å². The van der Waals surface area contributed by atoms with Crippen molar-refractivity contribution in [1.82, 2.24) is 0 Å². The zero-order valence-electron chi connectivity index (χ0n) is 19.2. The lowest BCUT2D eigenvalue weighted by molar-refractivity contribution is -0.121. The number of benzene rings is 2. The van der Waals surface area contributed by atoms with E-state index in [1.807, 2.05) is 62.4 Å². The lowest BCUT2D eigenvalue weighted by atomic mass is 9.85. The SMILES string of the molecule is CCCCCOc1ccccc1C(C)C(=O)C(C)c1ccccc1OCCCCC. The van der Waals surface area contributed by atoms with Crippen molar-refractivity contribution in [2.75, 3.05) is 13.2 Å². The zero-order chi connectivity index (χ0) is 21.8. The third kappa shape index (κ3) is 6.90. The molecule has 0 aliphatic carbocycles. The second kappa shape index (κ2) is 13.1. The Bertz CT molecular complexity index is 705. The highest BCUT2D eigenvalue weighted by Crippen LogP contribution is 2.34. The summed E-state index contributed by atoms with van der Waals surface area (Å²) in [5.41, 5.74) is 1.93. The maximum absolute atomic E-state index is 13.4. The van der Waals surface area contributed by atoms with Crippen molar-refractivity contribution in [2.24, 2.45) is 0 Å². The van der Waals surface area contributed by atoms with Gasteiger partial charge in [0, 0.05) is 23.0 Å². The Morgan fingerprint density at radius 3 is 1.50 bits per heavy atom. The van der Waals surface area contributed by atoms with E-state index in [4.69, 9.17) is 9.47 Å². The molecule has 0 saturated carbocycles.